The molecule has 180 valence electrons. The van der Waals surface area contributed by atoms with Gasteiger partial charge in [0.05, 0.1) is 18.3 Å². The van der Waals surface area contributed by atoms with E-state index in [1.165, 1.54) is 6.07 Å². The summed E-state index contributed by atoms with van der Waals surface area (Å²) in [6, 6.07) is 18.8. The van der Waals surface area contributed by atoms with Crippen LogP contribution in [0.5, 0.6) is 23.0 Å². The molecule has 0 bridgehead atoms. The van der Waals surface area contributed by atoms with E-state index in [0.29, 0.717) is 30.9 Å². The van der Waals surface area contributed by atoms with Crippen molar-refractivity contribution < 1.29 is 37.3 Å². The minimum atomic E-state index is -4.51. The lowest BCUT2D eigenvalue weighted by Gasteiger charge is -2.19. The van der Waals surface area contributed by atoms with Gasteiger partial charge in [0.1, 0.15) is 11.5 Å². The van der Waals surface area contributed by atoms with Gasteiger partial charge in [-0.3, -0.25) is 4.79 Å². The quantitative estimate of drug-likeness (QED) is 0.333. The van der Waals surface area contributed by atoms with Crippen LogP contribution in [0.25, 0.3) is 0 Å². The Bertz CT molecular complexity index is 1080. The Morgan fingerprint density at radius 1 is 0.941 bits per heavy atom. The first kappa shape index (κ1) is 25.0. The Kier molecular flexibility index (Phi) is 8.40. The number of halogens is 3. The first-order valence-corrected chi connectivity index (χ1v) is 10.7. The number of ether oxygens (including phenoxy) is 3. The van der Waals surface area contributed by atoms with E-state index in [1.54, 1.807) is 55.5 Å². The standard InChI is InChI=1S/C26H25F3O5/c1-18(14-15-32-22-9-5-6-19(16-22)10-13-25(30)31)33-23-12-11-20(26(27,28)29)17-24(23)34-21-7-3-2-4-8-21/h2-9,11-12,16-18H,10,13-15H2,1H3,(H,30,31)/t18-/m0/s1. The monoisotopic (exact) mass is 474 g/mol. The summed E-state index contributed by atoms with van der Waals surface area (Å²) in [6.07, 6.45) is -3.97. The van der Waals surface area contributed by atoms with Crippen LogP contribution >= 0.6 is 0 Å². The Morgan fingerprint density at radius 2 is 1.68 bits per heavy atom. The molecule has 0 aromatic heterocycles. The lowest BCUT2D eigenvalue weighted by molar-refractivity contribution is -0.138. The van der Waals surface area contributed by atoms with Gasteiger partial charge in [0.25, 0.3) is 0 Å². The highest BCUT2D eigenvalue weighted by atomic mass is 19.4. The fourth-order valence-corrected chi connectivity index (χ4v) is 3.14. The summed E-state index contributed by atoms with van der Waals surface area (Å²) in [4.78, 5) is 10.7. The van der Waals surface area contributed by atoms with Crippen molar-refractivity contribution in [2.24, 2.45) is 0 Å². The average Bonchev–Trinajstić information content (AvgIpc) is 2.79. The molecule has 0 aliphatic carbocycles. The summed E-state index contributed by atoms with van der Waals surface area (Å²) in [5, 5.41) is 8.81. The van der Waals surface area contributed by atoms with Crippen molar-refractivity contribution in [1.29, 1.82) is 0 Å². The predicted octanol–water partition coefficient (Wildman–Crippen LogP) is 6.75. The number of carbonyl (C=O) groups is 1. The number of hydrogen-bond acceptors (Lipinski definition) is 4. The molecule has 0 aliphatic heterocycles. The summed E-state index contributed by atoms with van der Waals surface area (Å²) < 4.78 is 56.9. The van der Waals surface area contributed by atoms with Gasteiger partial charge in [-0.1, -0.05) is 30.3 Å². The van der Waals surface area contributed by atoms with Crippen LogP contribution in [0.2, 0.25) is 0 Å². The van der Waals surface area contributed by atoms with E-state index in [9.17, 15) is 18.0 Å². The van der Waals surface area contributed by atoms with Gasteiger partial charge >= 0.3 is 12.1 Å². The first-order valence-electron chi connectivity index (χ1n) is 10.7. The molecule has 0 spiro atoms. The van der Waals surface area contributed by atoms with Crippen molar-refractivity contribution in [3.05, 3.63) is 83.9 Å². The van der Waals surface area contributed by atoms with E-state index < -0.39 is 17.7 Å². The molecule has 0 aliphatic rings. The second kappa shape index (κ2) is 11.4. The predicted molar refractivity (Wildman–Crippen MR) is 121 cm³/mol. The molecule has 0 radical (unpaired) electrons. The van der Waals surface area contributed by atoms with Crippen LogP contribution in [0, 0.1) is 0 Å². The van der Waals surface area contributed by atoms with Crippen LogP contribution in [-0.4, -0.2) is 23.8 Å². The topological polar surface area (TPSA) is 65.0 Å². The maximum atomic E-state index is 13.2. The van der Waals surface area contributed by atoms with Crippen molar-refractivity contribution in [3.63, 3.8) is 0 Å². The lowest BCUT2D eigenvalue weighted by Crippen LogP contribution is -2.16. The summed E-state index contributed by atoms with van der Waals surface area (Å²) >= 11 is 0. The summed E-state index contributed by atoms with van der Waals surface area (Å²) in [5.74, 6) is 0.305. The van der Waals surface area contributed by atoms with Crippen molar-refractivity contribution in [2.75, 3.05) is 6.61 Å². The molecule has 0 heterocycles. The smallest absolute Gasteiger partial charge is 0.416 e. The summed E-state index contributed by atoms with van der Waals surface area (Å²) in [7, 11) is 0. The molecule has 0 saturated carbocycles. The fraction of sp³-hybridized carbons (Fsp3) is 0.269. The Hall–Kier alpha value is -3.68. The number of carboxylic acid groups (broad SMARTS) is 1. The highest BCUT2D eigenvalue weighted by Gasteiger charge is 2.31. The van der Waals surface area contributed by atoms with E-state index in [1.807, 2.05) is 6.07 Å². The van der Waals surface area contributed by atoms with Gasteiger partial charge in [0.15, 0.2) is 11.5 Å². The third-order valence-electron chi connectivity index (χ3n) is 4.89. The van der Waals surface area contributed by atoms with Crippen LogP contribution < -0.4 is 14.2 Å². The second-order valence-corrected chi connectivity index (χ2v) is 7.68. The number of carboxylic acids is 1. The highest BCUT2D eigenvalue weighted by molar-refractivity contribution is 5.67. The molecule has 34 heavy (non-hydrogen) atoms. The van der Waals surface area contributed by atoms with Crippen molar-refractivity contribution in [1.82, 2.24) is 0 Å². The van der Waals surface area contributed by atoms with Gasteiger partial charge in [0, 0.05) is 12.8 Å². The number of rotatable bonds is 11. The van der Waals surface area contributed by atoms with Gasteiger partial charge in [-0.05, 0) is 61.4 Å². The van der Waals surface area contributed by atoms with Crippen molar-refractivity contribution >= 4 is 5.97 Å². The molecule has 3 aromatic rings. The number of benzene rings is 3. The molecule has 3 rings (SSSR count). The average molecular weight is 474 g/mol. The molecule has 0 fully saturated rings. The number of alkyl halides is 3. The Morgan fingerprint density at radius 3 is 2.38 bits per heavy atom. The maximum absolute atomic E-state index is 13.2. The van der Waals surface area contributed by atoms with E-state index >= 15 is 0 Å². The van der Waals surface area contributed by atoms with Crippen LogP contribution in [0.1, 0.15) is 30.9 Å². The fourth-order valence-electron chi connectivity index (χ4n) is 3.14. The summed E-state index contributed by atoms with van der Waals surface area (Å²) in [5.41, 5.74) is 0.0289. The molecule has 0 saturated heterocycles. The molecule has 5 nitrogen and oxygen atoms in total. The van der Waals surface area contributed by atoms with Gasteiger partial charge in [-0.15, -0.1) is 0 Å². The molecule has 0 amide bonds. The van der Waals surface area contributed by atoms with E-state index in [-0.39, 0.29) is 24.0 Å². The van der Waals surface area contributed by atoms with Crippen molar-refractivity contribution in [2.45, 2.75) is 38.5 Å². The van der Waals surface area contributed by atoms with Gasteiger partial charge in [-0.25, -0.2) is 0 Å². The molecule has 1 N–H and O–H groups in total. The molecule has 0 unspecified atom stereocenters. The Balaban J connectivity index is 1.62. The molecular formula is C26H25F3O5. The number of hydrogen-bond donors (Lipinski definition) is 1. The van der Waals surface area contributed by atoms with Crippen LogP contribution in [-0.2, 0) is 17.4 Å². The third-order valence-corrected chi connectivity index (χ3v) is 4.89. The van der Waals surface area contributed by atoms with Crippen molar-refractivity contribution in [3.8, 4) is 23.0 Å². The zero-order chi connectivity index (χ0) is 24.6. The van der Waals surface area contributed by atoms with Crippen LogP contribution in [0.4, 0.5) is 13.2 Å². The van der Waals surface area contributed by atoms with Crippen LogP contribution in [0.3, 0.4) is 0 Å². The molecule has 3 aromatic carbocycles. The lowest BCUT2D eigenvalue weighted by atomic mass is 10.1. The molecular weight excluding hydrogens is 449 g/mol. The first-order chi connectivity index (χ1) is 16.2. The van der Waals surface area contributed by atoms with E-state index in [0.717, 1.165) is 17.7 Å². The third kappa shape index (κ3) is 7.72. The molecule has 8 heteroatoms. The highest BCUT2D eigenvalue weighted by Crippen LogP contribution is 2.38. The minimum Gasteiger partial charge on any atom is -0.493 e. The van der Waals surface area contributed by atoms with Gasteiger partial charge < -0.3 is 19.3 Å². The number of para-hydroxylation sites is 1. The van der Waals surface area contributed by atoms with Gasteiger partial charge in [0.2, 0.25) is 0 Å². The summed E-state index contributed by atoms with van der Waals surface area (Å²) in [6.45, 7) is 2.09. The molecule has 1 atom stereocenters. The number of aliphatic carboxylic acids is 1. The number of aryl methyl sites for hydroxylation is 1. The van der Waals surface area contributed by atoms with E-state index in [4.69, 9.17) is 19.3 Å². The largest absolute Gasteiger partial charge is 0.493 e. The van der Waals surface area contributed by atoms with Gasteiger partial charge in [-0.2, -0.15) is 13.2 Å². The van der Waals surface area contributed by atoms with Crippen LogP contribution in [0.15, 0.2) is 72.8 Å². The van der Waals surface area contributed by atoms with E-state index in [2.05, 4.69) is 0 Å². The normalized spacial score (nSPS) is 12.1. The zero-order valence-corrected chi connectivity index (χ0v) is 18.5. The zero-order valence-electron chi connectivity index (χ0n) is 18.5. The second-order valence-electron chi connectivity index (χ2n) is 7.68. The Labute approximate surface area is 195 Å². The minimum absolute atomic E-state index is 0.0278. The SMILES string of the molecule is C[C@@H](CCOc1cccc(CCC(=O)O)c1)Oc1ccc(C(F)(F)F)cc1Oc1ccccc1. The maximum Gasteiger partial charge on any atom is 0.416 e.